The van der Waals surface area contributed by atoms with Crippen LogP contribution in [0.15, 0.2) is 24.3 Å². The van der Waals surface area contributed by atoms with E-state index in [9.17, 15) is 0 Å². The van der Waals surface area contributed by atoms with Crippen molar-refractivity contribution >= 4 is 0 Å². The lowest BCUT2D eigenvalue weighted by Gasteiger charge is -2.26. The number of hydrogen-bond donors (Lipinski definition) is 1. The van der Waals surface area contributed by atoms with Crippen LogP contribution in [0.25, 0.3) is 0 Å². The molecule has 1 aromatic rings. The van der Waals surface area contributed by atoms with Gasteiger partial charge in [0.05, 0.1) is 7.11 Å². The van der Waals surface area contributed by atoms with Gasteiger partial charge in [0, 0.05) is 18.6 Å². The van der Waals surface area contributed by atoms with E-state index in [-0.39, 0.29) is 0 Å². The van der Waals surface area contributed by atoms with Crippen molar-refractivity contribution < 1.29 is 4.74 Å². The van der Waals surface area contributed by atoms with Crippen LogP contribution < -0.4 is 10.1 Å². The molecule has 1 aliphatic carbocycles. The molecule has 0 radical (unpaired) electrons. The van der Waals surface area contributed by atoms with Crippen molar-refractivity contribution in [2.24, 2.45) is 0 Å². The standard InChI is InChI=1S/C15H24N2O/c1-4-17(13-7-8-13)11-15(16-2)12-5-9-14(18-3)10-6-12/h5-6,9-10,13,15-16H,4,7-8,11H2,1-3H3. The molecule has 1 N–H and O–H groups in total. The van der Waals surface area contributed by atoms with Crippen molar-refractivity contribution in [3.05, 3.63) is 29.8 Å². The fourth-order valence-electron chi connectivity index (χ4n) is 2.41. The zero-order valence-electron chi connectivity index (χ0n) is 11.6. The van der Waals surface area contributed by atoms with Crippen LogP contribution in [0.3, 0.4) is 0 Å². The molecule has 0 bridgehead atoms. The minimum atomic E-state index is 0.399. The monoisotopic (exact) mass is 248 g/mol. The highest BCUT2D eigenvalue weighted by atomic mass is 16.5. The lowest BCUT2D eigenvalue weighted by atomic mass is 10.1. The first-order valence-electron chi connectivity index (χ1n) is 6.83. The van der Waals surface area contributed by atoms with Crippen LogP contribution in [0.1, 0.15) is 31.4 Å². The molecule has 2 rings (SSSR count). The minimum Gasteiger partial charge on any atom is -0.497 e. The first-order chi connectivity index (χ1) is 8.78. The van der Waals surface area contributed by atoms with E-state index in [1.165, 1.54) is 18.4 Å². The fraction of sp³-hybridized carbons (Fsp3) is 0.600. The van der Waals surface area contributed by atoms with E-state index >= 15 is 0 Å². The molecule has 100 valence electrons. The van der Waals surface area contributed by atoms with Gasteiger partial charge in [-0.15, -0.1) is 0 Å². The average molecular weight is 248 g/mol. The van der Waals surface area contributed by atoms with E-state index in [0.717, 1.165) is 24.9 Å². The summed E-state index contributed by atoms with van der Waals surface area (Å²) in [5.41, 5.74) is 1.33. The zero-order chi connectivity index (χ0) is 13.0. The van der Waals surface area contributed by atoms with Crippen molar-refractivity contribution in [2.75, 3.05) is 27.2 Å². The molecule has 1 fully saturated rings. The summed E-state index contributed by atoms with van der Waals surface area (Å²) < 4.78 is 5.20. The first kappa shape index (κ1) is 13.4. The molecular weight excluding hydrogens is 224 g/mol. The van der Waals surface area contributed by atoms with Crippen LogP contribution in [0, 0.1) is 0 Å². The number of hydrogen-bond acceptors (Lipinski definition) is 3. The lowest BCUT2D eigenvalue weighted by molar-refractivity contribution is 0.248. The van der Waals surface area contributed by atoms with Crippen LogP contribution in [-0.2, 0) is 0 Å². The van der Waals surface area contributed by atoms with Crippen molar-refractivity contribution in [2.45, 2.75) is 31.8 Å². The van der Waals surface area contributed by atoms with Gasteiger partial charge >= 0.3 is 0 Å². The lowest BCUT2D eigenvalue weighted by Crippen LogP contribution is -2.35. The second-order valence-electron chi connectivity index (χ2n) is 4.93. The number of benzene rings is 1. The highest BCUT2D eigenvalue weighted by molar-refractivity contribution is 5.29. The van der Waals surface area contributed by atoms with Gasteiger partial charge in [0.15, 0.2) is 0 Å². The minimum absolute atomic E-state index is 0.399. The van der Waals surface area contributed by atoms with Crippen LogP contribution in [0.2, 0.25) is 0 Å². The Kier molecular flexibility index (Phi) is 4.61. The molecule has 0 saturated heterocycles. The van der Waals surface area contributed by atoms with Crippen molar-refractivity contribution in [1.82, 2.24) is 10.2 Å². The van der Waals surface area contributed by atoms with E-state index < -0.39 is 0 Å². The Labute approximate surface area is 110 Å². The third kappa shape index (κ3) is 3.24. The topological polar surface area (TPSA) is 24.5 Å². The number of nitrogens with zero attached hydrogens (tertiary/aromatic N) is 1. The third-order valence-corrected chi connectivity index (χ3v) is 3.75. The number of methoxy groups -OCH3 is 1. The normalized spacial score (nSPS) is 16.9. The molecule has 1 aliphatic rings. The quantitative estimate of drug-likeness (QED) is 0.802. The predicted octanol–water partition coefficient (Wildman–Crippen LogP) is 2.44. The molecule has 0 aromatic heterocycles. The van der Waals surface area contributed by atoms with Crippen molar-refractivity contribution in [3.8, 4) is 5.75 Å². The predicted molar refractivity (Wildman–Crippen MR) is 75.1 cm³/mol. The molecule has 18 heavy (non-hydrogen) atoms. The number of nitrogens with one attached hydrogen (secondary N) is 1. The maximum absolute atomic E-state index is 5.20. The van der Waals surface area contributed by atoms with Gasteiger partial charge in [-0.1, -0.05) is 19.1 Å². The molecule has 0 aliphatic heterocycles. The Hall–Kier alpha value is -1.06. The summed E-state index contributed by atoms with van der Waals surface area (Å²) in [5.74, 6) is 0.920. The Morgan fingerprint density at radius 2 is 2.00 bits per heavy atom. The van der Waals surface area contributed by atoms with E-state index in [4.69, 9.17) is 4.74 Å². The van der Waals surface area contributed by atoms with Gasteiger partial charge < -0.3 is 10.1 Å². The Morgan fingerprint density at radius 1 is 1.33 bits per heavy atom. The highest BCUT2D eigenvalue weighted by Gasteiger charge is 2.29. The van der Waals surface area contributed by atoms with Crippen molar-refractivity contribution in [3.63, 3.8) is 0 Å². The SMILES string of the molecule is CCN(CC(NC)c1ccc(OC)cc1)C1CC1. The van der Waals surface area contributed by atoms with E-state index in [1.807, 2.05) is 19.2 Å². The van der Waals surface area contributed by atoms with Crippen LogP contribution in [-0.4, -0.2) is 38.2 Å². The van der Waals surface area contributed by atoms with E-state index in [2.05, 4.69) is 29.3 Å². The largest absolute Gasteiger partial charge is 0.497 e. The average Bonchev–Trinajstić information content (AvgIpc) is 3.25. The second kappa shape index (κ2) is 6.21. The molecule has 3 nitrogen and oxygen atoms in total. The maximum Gasteiger partial charge on any atom is 0.118 e. The molecule has 1 aromatic carbocycles. The maximum atomic E-state index is 5.20. The van der Waals surface area contributed by atoms with Gasteiger partial charge in [-0.3, -0.25) is 4.90 Å². The summed E-state index contributed by atoms with van der Waals surface area (Å²) >= 11 is 0. The van der Waals surface area contributed by atoms with Gasteiger partial charge in [0.2, 0.25) is 0 Å². The summed E-state index contributed by atoms with van der Waals surface area (Å²) in [4.78, 5) is 2.57. The summed E-state index contributed by atoms with van der Waals surface area (Å²) in [6.07, 6.45) is 2.74. The Balaban J connectivity index is 2.01. The number of ether oxygens (including phenoxy) is 1. The molecule has 0 amide bonds. The smallest absolute Gasteiger partial charge is 0.118 e. The van der Waals surface area contributed by atoms with Crippen LogP contribution >= 0.6 is 0 Å². The van der Waals surface area contributed by atoms with Gasteiger partial charge in [-0.05, 0) is 44.1 Å². The molecule has 0 spiro atoms. The van der Waals surface area contributed by atoms with E-state index in [0.29, 0.717) is 6.04 Å². The number of likely N-dealkylation sites (N-methyl/N-ethyl adjacent to an activating group) is 2. The first-order valence-corrected chi connectivity index (χ1v) is 6.83. The van der Waals surface area contributed by atoms with Crippen LogP contribution in [0.4, 0.5) is 0 Å². The molecule has 1 saturated carbocycles. The molecule has 1 atom stereocenters. The number of rotatable bonds is 7. The second-order valence-corrected chi connectivity index (χ2v) is 4.93. The Morgan fingerprint density at radius 3 is 2.44 bits per heavy atom. The van der Waals surface area contributed by atoms with Gasteiger partial charge in [-0.25, -0.2) is 0 Å². The van der Waals surface area contributed by atoms with Gasteiger partial charge in [0.25, 0.3) is 0 Å². The van der Waals surface area contributed by atoms with Crippen molar-refractivity contribution in [1.29, 1.82) is 0 Å². The summed E-state index contributed by atoms with van der Waals surface area (Å²) in [5, 5.41) is 3.42. The summed E-state index contributed by atoms with van der Waals surface area (Å²) in [7, 11) is 3.74. The molecule has 0 heterocycles. The summed E-state index contributed by atoms with van der Waals surface area (Å²) in [6.45, 7) is 4.47. The molecule has 1 unspecified atom stereocenters. The summed E-state index contributed by atoms with van der Waals surface area (Å²) in [6, 6.07) is 9.60. The highest BCUT2D eigenvalue weighted by Crippen LogP contribution is 2.28. The fourth-order valence-corrected chi connectivity index (χ4v) is 2.41. The zero-order valence-corrected chi connectivity index (χ0v) is 11.6. The molecule has 3 heteroatoms. The third-order valence-electron chi connectivity index (χ3n) is 3.75. The van der Waals surface area contributed by atoms with Crippen LogP contribution in [0.5, 0.6) is 5.75 Å². The van der Waals surface area contributed by atoms with Gasteiger partial charge in [0.1, 0.15) is 5.75 Å². The van der Waals surface area contributed by atoms with Gasteiger partial charge in [-0.2, -0.15) is 0 Å². The molecular formula is C15H24N2O. The van der Waals surface area contributed by atoms with E-state index in [1.54, 1.807) is 7.11 Å². The Bertz CT molecular complexity index is 359.